The number of fused-ring (bicyclic) bond motifs is 1. The third-order valence-corrected chi connectivity index (χ3v) is 5.46. The second kappa shape index (κ2) is 6.78. The van der Waals surface area contributed by atoms with E-state index in [2.05, 4.69) is 9.55 Å². The number of hydrogen-bond acceptors (Lipinski definition) is 4. The van der Waals surface area contributed by atoms with Gasteiger partial charge < -0.3 is 19.1 Å². The van der Waals surface area contributed by atoms with Crippen molar-refractivity contribution < 1.29 is 14.3 Å². The molecule has 0 spiro atoms. The molecule has 3 heterocycles. The molecule has 0 unspecified atom stereocenters. The number of imidazole rings is 1. The fourth-order valence-electron chi connectivity index (χ4n) is 3.74. The molecule has 3 aliphatic rings. The van der Waals surface area contributed by atoms with Gasteiger partial charge in [0.2, 0.25) is 11.8 Å². The van der Waals surface area contributed by atoms with E-state index in [0.717, 1.165) is 24.6 Å². The maximum absolute atomic E-state index is 12.5. The minimum Gasteiger partial charge on any atom is -0.378 e. The molecular weight excluding hydrogens is 320 g/mol. The molecule has 1 aliphatic carbocycles. The summed E-state index contributed by atoms with van der Waals surface area (Å²) in [7, 11) is 0. The number of rotatable bonds is 4. The Kier molecular flexibility index (Phi) is 4.50. The van der Waals surface area contributed by atoms with Crippen LogP contribution in [0.4, 0.5) is 0 Å². The van der Waals surface area contributed by atoms with Gasteiger partial charge in [0.15, 0.2) is 0 Å². The SMILES string of the molecule is C[C@@H]1c2nc(CC(=O)N3CCOCC3)cn2CCN1C(=O)CC1CC1. The van der Waals surface area contributed by atoms with Gasteiger partial charge in [-0.1, -0.05) is 0 Å². The van der Waals surface area contributed by atoms with Crippen LogP contribution in [0, 0.1) is 5.92 Å². The van der Waals surface area contributed by atoms with E-state index in [4.69, 9.17) is 4.74 Å². The standard InChI is InChI=1S/C18H26N4O3/c1-13-18-19-15(11-16(23)20-6-8-25-9-7-20)12-21(18)4-5-22(13)17(24)10-14-2-3-14/h12-14H,2-11H2,1H3/t13-/m1/s1. The lowest BCUT2D eigenvalue weighted by Gasteiger charge is -2.34. The summed E-state index contributed by atoms with van der Waals surface area (Å²) < 4.78 is 7.40. The molecule has 1 saturated heterocycles. The zero-order valence-electron chi connectivity index (χ0n) is 14.8. The number of aromatic nitrogens is 2. The molecule has 0 aromatic carbocycles. The third-order valence-electron chi connectivity index (χ3n) is 5.46. The van der Waals surface area contributed by atoms with Crippen LogP contribution >= 0.6 is 0 Å². The Morgan fingerprint density at radius 3 is 2.64 bits per heavy atom. The lowest BCUT2D eigenvalue weighted by molar-refractivity contribution is -0.135. The molecule has 25 heavy (non-hydrogen) atoms. The van der Waals surface area contributed by atoms with Gasteiger partial charge in [-0.25, -0.2) is 4.98 Å². The van der Waals surface area contributed by atoms with Crippen LogP contribution in [-0.4, -0.2) is 64.0 Å². The minimum absolute atomic E-state index is 0.0211. The largest absolute Gasteiger partial charge is 0.378 e. The summed E-state index contributed by atoms with van der Waals surface area (Å²) in [6.45, 7) is 6.07. The lowest BCUT2D eigenvalue weighted by atomic mass is 10.1. The van der Waals surface area contributed by atoms with Gasteiger partial charge in [0.25, 0.3) is 0 Å². The van der Waals surface area contributed by atoms with Crippen molar-refractivity contribution in [1.29, 1.82) is 0 Å². The zero-order valence-corrected chi connectivity index (χ0v) is 14.8. The van der Waals surface area contributed by atoms with Crippen LogP contribution in [0.15, 0.2) is 6.20 Å². The van der Waals surface area contributed by atoms with E-state index < -0.39 is 0 Å². The molecule has 0 radical (unpaired) electrons. The van der Waals surface area contributed by atoms with Gasteiger partial charge in [0.05, 0.1) is 31.4 Å². The Balaban J connectivity index is 1.42. The van der Waals surface area contributed by atoms with E-state index in [9.17, 15) is 9.59 Å². The van der Waals surface area contributed by atoms with Crippen LogP contribution < -0.4 is 0 Å². The number of ether oxygens (including phenoxy) is 1. The summed E-state index contributed by atoms with van der Waals surface area (Å²) >= 11 is 0. The van der Waals surface area contributed by atoms with Gasteiger partial charge in [0, 0.05) is 38.8 Å². The molecule has 0 bridgehead atoms. The van der Waals surface area contributed by atoms with Crippen molar-refractivity contribution in [2.75, 3.05) is 32.8 Å². The van der Waals surface area contributed by atoms with E-state index in [-0.39, 0.29) is 17.9 Å². The van der Waals surface area contributed by atoms with E-state index in [1.165, 1.54) is 12.8 Å². The van der Waals surface area contributed by atoms with Crippen molar-refractivity contribution in [2.45, 2.75) is 45.2 Å². The molecule has 1 saturated carbocycles. The van der Waals surface area contributed by atoms with Crippen molar-refractivity contribution >= 4 is 11.8 Å². The molecule has 1 atom stereocenters. The summed E-state index contributed by atoms with van der Waals surface area (Å²) in [5.41, 5.74) is 0.801. The lowest BCUT2D eigenvalue weighted by Crippen LogP contribution is -2.41. The highest BCUT2D eigenvalue weighted by molar-refractivity contribution is 5.78. The maximum Gasteiger partial charge on any atom is 0.228 e. The topological polar surface area (TPSA) is 67.7 Å². The van der Waals surface area contributed by atoms with E-state index in [1.807, 2.05) is 22.9 Å². The molecule has 2 amide bonds. The van der Waals surface area contributed by atoms with Crippen LogP contribution in [0.3, 0.4) is 0 Å². The first-order valence-electron chi connectivity index (χ1n) is 9.33. The predicted octanol–water partition coefficient (Wildman–Crippen LogP) is 0.988. The third kappa shape index (κ3) is 3.56. The van der Waals surface area contributed by atoms with Crippen LogP contribution in [-0.2, 0) is 27.3 Å². The molecule has 7 nitrogen and oxygen atoms in total. The van der Waals surface area contributed by atoms with Gasteiger partial charge in [-0.3, -0.25) is 9.59 Å². The first-order valence-corrected chi connectivity index (χ1v) is 9.33. The molecule has 136 valence electrons. The number of hydrogen-bond donors (Lipinski definition) is 0. The highest BCUT2D eigenvalue weighted by Crippen LogP contribution is 2.34. The highest BCUT2D eigenvalue weighted by atomic mass is 16.5. The quantitative estimate of drug-likeness (QED) is 0.815. The van der Waals surface area contributed by atoms with Gasteiger partial charge >= 0.3 is 0 Å². The van der Waals surface area contributed by atoms with Gasteiger partial charge in [0.1, 0.15) is 5.82 Å². The predicted molar refractivity (Wildman–Crippen MR) is 90.8 cm³/mol. The first-order chi connectivity index (χ1) is 12.1. The monoisotopic (exact) mass is 346 g/mol. The minimum atomic E-state index is -0.0211. The Hall–Kier alpha value is -1.89. The van der Waals surface area contributed by atoms with Gasteiger partial charge in [-0.15, -0.1) is 0 Å². The molecule has 2 fully saturated rings. The van der Waals surface area contributed by atoms with Crippen LogP contribution in [0.1, 0.15) is 43.7 Å². The Labute approximate surface area is 147 Å². The van der Waals surface area contributed by atoms with Crippen LogP contribution in [0.2, 0.25) is 0 Å². The molecule has 4 rings (SSSR count). The summed E-state index contributed by atoms with van der Waals surface area (Å²) in [5.74, 6) is 1.85. The molecular formula is C18H26N4O3. The van der Waals surface area contributed by atoms with E-state index in [0.29, 0.717) is 45.1 Å². The van der Waals surface area contributed by atoms with Crippen molar-refractivity contribution in [1.82, 2.24) is 19.4 Å². The molecule has 1 aromatic rings. The smallest absolute Gasteiger partial charge is 0.228 e. The number of amides is 2. The first kappa shape index (κ1) is 16.6. The second-order valence-electron chi connectivity index (χ2n) is 7.36. The normalized spacial score (nSPS) is 23.5. The Morgan fingerprint density at radius 2 is 1.92 bits per heavy atom. The maximum atomic E-state index is 12.5. The van der Waals surface area contributed by atoms with Crippen LogP contribution in [0.5, 0.6) is 0 Å². The summed E-state index contributed by atoms with van der Waals surface area (Å²) in [6, 6.07) is -0.0211. The zero-order chi connectivity index (χ0) is 17.4. The van der Waals surface area contributed by atoms with E-state index in [1.54, 1.807) is 0 Å². The van der Waals surface area contributed by atoms with Gasteiger partial charge in [-0.05, 0) is 25.7 Å². The van der Waals surface area contributed by atoms with Crippen molar-refractivity contribution in [3.8, 4) is 0 Å². The van der Waals surface area contributed by atoms with E-state index >= 15 is 0 Å². The molecule has 2 aliphatic heterocycles. The molecule has 1 aromatic heterocycles. The van der Waals surface area contributed by atoms with Crippen molar-refractivity contribution in [3.05, 3.63) is 17.7 Å². The van der Waals surface area contributed by atoms with Gasteiger partial charge in [-0.2, -0.15) is 0 Å². The fraction of sp³-hybridized carbons (Fsp3) is 0.722. The number of carbonyl (C=O) groups is 2. The highest BCUT2D eigenvalue weighted by Gasteiger charge is 2.33. The fourth-order valence-corrected chi connectivity index (χ4v) is 3.74. The second-order valence-corrected chi connectivity index (χ2v) is 7.36. The number of nitrogens with zero attached hydrogens (tertiary/aromatic N) is 4. The summed E-state index contributed by atoms with van der Waals surface area (Å²) in [6.07, 6.45) is 5.36. The molecule has 7 heteroatoms. The average Bonchev–Trinajstić information content (AvgIpc) is 3.33. The molecule has 0 N–H and O–H groups in total. The summed E-state index contributed by atoms with van der Waals surface area (Å²) in [5, 5.41) is 0. The number of morpholine rings is 1. The average molecular weight is 346 g/mol. The summed E-state index contributed by atoms with van der Waals surface area (Å²) in [4.78, 5) is 33.4. The van der Waals surface area contributed by atoms with Crippen molar-refractivity contribution in [3.63, 3.8) is 0 Å². The number of carbonyl (C=O) groups excluding carboxylic acids is 2. The Morgan fingerprint density at radius 1 is 1.16 bits per heavy atom. The Bertz CT molecular complexity index is 661. The van der Waals surface area contributed by atoms with Crippen LogP contribution in [0.25, 0.3) is 0 Å². The van der Waals surface area contributed by atoms with Crippen molar-refractivity contribution in [2.24, 2.45) is 5.92 Å².